The fourth-order valence-corrected chi connectivity index (χ4v) is 2.78. The zero-order valence-electron chi connectivity index (χ0n) is 11.5. The van der Waals surface area contributed by atoms with Crippen LogP contribution in [0.1, 0.15) is 7.43 Å². The Balaban J connectivity index is 0.00000176. The van der Waals surface area contributed by atoms with Crippen molar-refractivity contribution >= 4 is 10.8 Å². The molecule has 0 bridgehead atoms. The Kier molecular flexibility index (Phi) is 4.93. The average molecular weight is 315 g/mol. The van der Waals surface area contributed by atoms with Crippen LogP contribution >= 0.6 is 0 Å². The zero-order chi connectivity index (χ0) is 14.8. The summed E-state index contributed by atoms with van der Waals surface area (Å²) in [4.78, 5) is 0.804. The highest BCUT2D eigenvalue weighted by atomic mass is 32.2. The van der Waals surface area contributed by atoms with E-state index in [1.54, 1.807) is 18.4 Å². The minimum atomic E-state index is -0.976. The molecule has 0 saturated heterocycles. The van der Waals surface area contributed by atoms with Crippen molar-refractivity contribution in [3.8, 4) is 16.9 Å². The third-order valence-corrected chi connectivity index (χ3v) is 4.27. The summed E-state index contributed by atoms with van der Waals surface area (Å²) in [6, 6.07) is 18.0. The van der Waals surface area contributed by atoms with Gasteiger partial charge in [-0.25, -0.2) is 4.39 Å². The number of rotatable bonds is 3. The first kappa shape index (κ1) is 16.2. The quantitative estimate of drug-likeness (QED) is 0.689. The van der Waals surface area contributed by atoms with Crippen LogP contribution in [0.15, 0.2) is 71.8 Å². The van der Waals surface area contributed by atoms with Crippen molar-refractivity contribution in [3.63, 3.8) is 0 Å². The van der Waals surface area contributed by atoms with Crippen LogP contribution in [-0.2, 0) is 10.8 Å². The molecular formula is C18H18FNOS. The molecule has 0 fully saturated rings. The van der Waals surface area contributed by atoms with Crippen LogP contribution in [0.5, 0.6) is 0 Å². The van der Waals surface area contributed by atoms with E-state index in [0.717, 1.165) is 21.8 Å². The predicted octanol–water partition coefficient (Wildman–Crippen LogP) is 4.66. The van der Waals surface area contributed by atoms with Crippen LogP contribution in [-0.4, -0.2) is 15.0 Å². The number of benzene rings is 2. The van der Waals surface area contributed by atoms with Gasteiger partial charge in [0.25, 0.3) is 0 Å². The highest BCUT2D eigenvalue weighted by Crippen LogP contribution is 2.24. The molecule has 1 heterocycles. The topological polar surface area (TPSA) is 22.0 Å². The van der Waals surface area contributed by atoms with Gasteiger partial charge in [0.15, 0.2) is 0 Å². The fraction of sp³-hybridized carbons (Fsp3) is 0.111. The molecule has 1 aromatic heterocycles. The van der Waals surface area contributed by atoms with Gasteiger partial charge in [-0.2, -0.15) is 0 Å². The molecule has 0 N–H and O–H groups in total. The van der Waals surface area contributed by atoms with Crippen molar-refractivity contribution in [2.75, 3.05) is 6.26 Å². The van der Waals surface area contributed by atoms with Crippen LogP contribution in [0, 0.1) is 5.82 Å². The van der Waals surface area contributed by atoms with Crippen molar-refractivity contribution in [2.24, 2.45) is 0 Å². The van der Waals surface area contributed by atoms with Crippen LogP contribution < -0.4 is 0 Å². The minimum Gasteiger partial charge on any atom is -0.317 e. The maximum atomic E-state index is 13.0. The first-order valence-corrected chi connectivity index (χ1v) is 8.08. The first-order valence-electron chi connectivity index (χ1n) is 6.52. The van der Waals surface area contributed by atoms with Gasteiger partial charge >= 0.3 is 0 Å². The van der Waals surface area contributed by atoms with Gasteiger partial charge in [0.05, 0.1) is 5.69 Å². The van der Waals surface area contributed by atoms with E-state index >= 15 is 0 Å². The van der Waals surface area contributed by atoms with Gasteiger partial charge in [0.1, 0.15) is 5.82 Å². The van der Waals surface area contributed by atoms with Gasteiger partial charge < -0.3 is 4.57 Å². The summed E-state index contributed by atoms with van der Waals surface area (Å²) in [5.74, 6) is -0.248. The summed E-state index contributed by atoms with van der Waals surface area (Å²) in [6.07, 6.45) is 3.60. The molecule has 3 aromatic rings. The molecule has 114 valence electrons. The van der Waals surface area contributed by atoms with Crippen molar-refractivity contribution in [3.05, 3.63) is 72.7 Å². The summed E-state index contributed by atoms with van der Waals surface area (Å²) in [5, 5.41) is 0. The number of hydrogen-bond donors (Lipinski definition) is 0. The second-order valence-corrected chi connectivity index (χ2v) is 6.10. The number of hydrogen-bond acceptors (Lipinski definition) is 1. The second-order valence-electron chi connectivity index (χ2n) is 4.72. The van der Waals surface area contributed by atoms with Crippen molar-refractivity contribution in [1.29, 1.82) is 0 Å². The number of aromatic nitrogens is 1. The summed E-state index contributed by atoms with van der Waals surface area (Å²) in [5.41, 5.74) is 2.94. The van der Waals surface area contributed by atoms with Gasteiger partial charge in [-0.15, -0.1) is 0 Å². The molecule has 1 unspecified atom stereocenters. The highest BCUT2D eigenvalue weighted by molar-refractivity contribution is 7.84. The van der Waals surface area contributed by atoms with Crippen LogP contribution in [0.2, 0.25) is 0 Å². The third kappa shape index (κ3) is 3.17. The lowest BCUT2D eigenvalue weighted by Gasteiger charge is -2.10. The fourth-order valence-electron chi connectivity index (χ4n) is 2.26. The van der Waals surface area contributed by atoms with Gasteiger partial charge in [0.2, 0.25) is 0 Å². The van der Waals surface area contributed by atoms with Crippen LogP contribution in [0.4, 0.5) is 4.39 Å². The number of halogens is 1. The van der Waals surface area contributed by atoms with E-state index < -0.39 is 10.8 Å². The van der Waals surface area contributed by atoms with E-state index in [1.165, 1.54) is 12.1 Å². The molecule has 0 amide bonds. The Morgan fingerprint density at radius 1 is 0.955 bits per heavy atom. The van der Waals surface area contributed by atoms with Gasteiger partial charge in [-0.05, 0) is 54.1 Å². The minimum absolute atomic E-state index is 0. The van der Waals surface area contributed by atoms with Gasteiger partial charge in [-0.1, -0.05) is 19.6 Å². The molecule has 0 saturated carbocycles. The monoisotopic (exact) mass is 315 g/mol. The van der Waals surface area contributed by atoms with E-state index in [1.807, 2.05) is 47.2 Å². The molecule has 2 nitrogen and oxygen atoms in total. The molecule has 2 aromatic carbocycles. The lowest BCUT2D eigenvalue weighted by molar-refractivity contribution is 0.627. The van der Waals surface area contributed by atoms with Gasteiger partial charge in [0, 0.05) is 33.8 Å². The Labute approximate surface area is 132 Å². The molecule has 0 radical (unpaired) electrons. The van der Waals surface area contributed by atoms with Crippen molar-refractivity contribution < 1.29 is 8.60 Å². The predicted molar refractivity (Wildman–Crippen MR) is 90.2 cm³/mol. The molecule has 3 rings (SSSR count). The van der Waals surface area contributed by atoms with Crippen LogP contribution in [0.3, 0.4) is 0 Å². The third-order valence-electron chi connectivity index (χ3n) is 3.34. The Hall–Kier alpha value is -2.20. The molecule has 0 aliphatic heterocycles. The molecule has 0 aliphatic rings. The van der Waals surface area contributed by atoms with E-state index in [0.29, 0.717) is 0 Å². The molecule has 1 atom stereocenters. The summed E-state index contributed by atoms with van der Waals surface area (Å²) >= 11 is 0. The normalized spacial score (nSPS) is 11.7. The Morgan fingerprint density at radius 3 is 2.18 bits per heavy atom. The molecule has 4 heteroatoms. The van der Waals surface area contributed by atoms with Crippen LogP contribution in [0.25, 0.3) is 16.9 Å². The maximum Gasteiger partial charge on any atom is 0.123 e. The summed E-state index contributed by atoms with van der Waals surface area (Å²) in [6.45, 7) is 0. The van der Waals surface area contributed by atoms with E-state index in [9.17, 15) is 8.60 Å². The average Bonchev–Trinajstić information content (AvgIpc) is 2.97. The SMILES string of the molecule is C.CS(=O)c1ccc(-c2cccn2-c2ccc(F)cc2)cc1. The highest BCUT2D eigenvalue weighted by Gasteiger charge is 2.07. The zero-order valence-corrected chi connectivity index (χ0v) is 12.3. The molecule has 0 aliphatic carbocycles. The van der Waals surface area contributed by atoms with E-state index in [2.05, 4.69) is 0 Å². The second kappa shape index (κ2) is 6.71. The lowest BCUT2D eigenvalue weighted by Crippen LogP contribution is -1.95. The van der Waals surface area contributed by atoms with E-state index in [-0.39, 0.29) is 13.2 Å². The lowest BCUT2D eigenvalue weighted by atomic mass is 10.1. The Bertz CT molecular complexity index is 776. The standard InChI is InChI=1S/C17H14FNOS.CH4/c1-21(20)16-10-4-13(5-11-16)17-3-2-12-19(17)15-8-6-14(18)7-9-15;/h2-12H,1H3;1H4. The Morgan fingerprint density at radius 2 is 1.59 bits per heavy atom. The molecular weight excluding hydrogens is 297 g/mol. The smallest absolute Gasteiger partial charge is 0.123 e. The van der Waals surface area contributed by atoms with Crippen molar-refractivity contribution in [1.82, 2.24) is 4.57 Å². The summed E-state index contributed by atoms with van der Waals surface area (Å²) < 4.78 is 26.5. The number of nitrogens with zero attached hydrogens (tertiary/aromatic N) is 1. The molecule has 0 spiro atoms. The van der Waals surface area contributed by atoms with E-state index in [4.69, 9.17) is 0 Å². The largest absolute Gasteiger partial charge is 0.317 e. The molecule has 22 heavy (non-hydrogen) atoms. The van der Waals surface area contributed by atoms with Gasteiger partial charge in [-0.3, -0.25) is 4.21 Å². The first-order chi connectivity index (χ1) is 10.1. The van der Waals surface area contributed by atoms with Crippen molar-refractivity contribution in [2.45, 2.75) is 12.3 Å². The maximum absolute atomic E-state index is 13.0. The summed E-state index contributed by atoms with van der Waals surface area (Å²) in [7, 11) is -0.976.